The second-order valence-corrected chi connectivity index (χ2v) is 8.86. The molecule has 0 spiro atoms. The van der Waals surface area contributed by atoms with Crippen LogP contribution in [0.2, 0.25) is 0 Å². The fourth-order valence-electron chi connectivity index (χ4n) is 3.55. The Morgan fingerprint density at radius 3 is 2.61 bits per heavy atom. The van der Waals surface area contributed by atoms with Crippen LogP contribution in [0.4, 0.5) is 5.13 Å². The number of ether oxygens (including phenoxy) is 1. The van der Waals surface area contributed by atoms with Crippen molar-refractivity contribution in [2.75, 3.05) is 7.11 Å². The van der Waals surface area contributed by atoms with Crippen LogP contribution in [0.1, 0.15) is 43.4 Å². The van der Waals surface area contributed by atoms with Gasteiger partial charge in [-0.3, -0.25) is 9.69 Å². The van der Waals surface area contributed by atoms with E-state index in [0.29, 0.717) is 10.0 Å². The number of thioether (sulfide) groups is 1. The number of benzene rings is 1. The van der Waals surface area contributed by atoms with Gasteiger partial charge in [-0.1, -0.05) is 31.4 Å². The molecule has 0 bridgehead atoms. The number of aromatic nitrogens is 1. The Kier molecular flexibility index (Phi) is 5.82. The third-order valence-electron chi connectivity index (χ3n) is 4.99. The first kappa shape index (κ1) is 19.2. The number of aliphatic imine (C=N–C) groups is 1. The van der Waals surface area contributed by atoms with E-state index in [2.05, 4.69) is 4.98 Å². The smallest absolute Gasteiger partial charge is 0.267 e. The van der Waals surface area contributed by atoms with Gasteiger partial charge in [-0.05, 0) is 55.3 Å². The molecule has 0 atom stereocenters. The van der Waals surface area contributed by atoms with Gasteiger partial charge >= 0.3 is 0 Å². The number of hydrogen-bond donors (Lipinski definition) is 0. The minimum atomic E-state index is 0.0553. The SMILES string of the molecule is COc1ccc(/C=C2\S/C(=N/c3nc(C)cs3)N(C3CCCCC3)C2=O)cc1. The van der Waals surface area contributed by atoms with E-state index in [1.807, 2.05) is 47.5 Å². The topological polar surface area (TPSA) is 54.8 Å². The molecule has 1 saturated carbocycles. The molecule has 1 aliphatic carbocycles. The molecule has 2 heterocycles. The molecule has 7 heteroatoms. The number of nitrogens with zero attached hydrogens (tertiary/aromatic N) is 3. The molecular formula is C21H23N3O2S2. The van der Waals surface area contributed by atoms with Crippen LogP contribution in [0.15, 0.2) is 39.5 Å². The number of aryl methyl sites for hydroxylation is 1. The fraction of sp³-hybridized carbons (Fsp3) is 0.381. The van der Waals surface area contributed by atoms with Gasteiger partial charge in [-0.15, -0.1) is 11.3 Å². The van der Waals surface area contributed by atoms with E-state index in [-0.39, 0.29) is 11.9 Å². The van der Waals surface area contributed by atoms with Crippen molar-refractivity contribution in [2.45, 2.75) is 45.1 Å². The third-order valence-corrected chi connectivity index (χ3v) is 6.82. The van der Waals surface area contributed by atoms with Gasteiger partial charge in [0.2, 0.25) is 5.13 Å². The molecule has 2 aromatic rings. The summed E-state index contributed by atoms with van der Waals surface area (Å²) in [6, 6.07) is 7.97. The maximum Gasteiger partial charge on any atom is 0.267 e. The molecule has 1 aromatic heterocycles. The summed E-state index contributed by atoms with van der Waals surface area (Å²) in [5.74, 6) is 0.859. The Morgan fingerprint density at radius 1 is 1.21 bits per heavy atom. The summed E-state index contributed by atoms with van der Waals surface area (Å²) in [6.07, 6.45) is 7.60. The number of carbonyl (C=O) groups is 1. The van der Waals surface area contributed by atoms with Crippen molar-refractivity contribution in [2.24, 2.45) is 4.99 Å². The van der Waals surface area contributed by atoms with Crippen LogP contribution in [0.5, 0.6) is 5.75 Å². The summed E-state index contributed by atoms with van der Waals surface area (Å²) >= 11 is 2.96. The standard InChI is InChI=1S/C21H23N3O2S2/c1-14-13-27-20(22-14)23-21-24(16-6-4-3-5-7-16)19(25)18(28-21)12-15-8-10-17(26-2)11-9-15/h8-13,16H,3-7H2,1-2H3/b18-12-,23-21+. The lowest BCUT2D eigenvalue weighted by atomic mass is 9.94. The van der Waals surface area contributed by atoms with Gasteiger partial charge in [0.15, 0.2) is 5.17 Å². The first-order valence-electron chi connectivity index (χ1n) is 9.52. The third kappa shape index (κ3) is 4.15. The molecule has 1 aromatic carbocycles. The van der Waals surface area contributed by atoms with E-state index in [4.69, 9.17) is 9.73 Å². The average molecular weight is 414 g/mol. The number of thiazole rings is 1. The van der Waals surface area contributed by atoms with E-state index < -0.39 is 0 Å². The zero-order valence-electron chi connectivity index (χ0n) is 16.1. The van der Waals surface area contributed by atoms with Gasteiger partial charge in [0.1, 0.15) is 5.75 Å². The van der Waals surface area contributed by atoms with Crippen molar-refractivity contribution in [3.63, 3.8) is 0 Å². The quantitative estimate of drug-likeness (QED) is 0.630. The van der Waals surface area contributed by atoms with Gasteiger partial charge in [0.05, 0.1) is 17.7 Å². The van der Waals surface area contributed by atoms with Crippen LogP contribution >= 0.6 is 23.1 Å². The minimum absolute atomic E-state index is 0.0553. The second kappa shape index (κ2) is 8.49. The molecule has 1 aliphatic heterocycles. The molecule has 2 aliphatic rings. The molecule has 0 N–H and O–H groups in total. The molecule has 5 nitrogen and oxygen atoms in total. The van der Waals surface area contributed by atoms with Gasteiger partial charge in [-0.25, -0.2) is 4.98 Å². The first-order valence-corrected chi connectivity index (χ1v) is 11.2. The van der Waals surface area contributed by atoms with Crippen molar-refractivity contribution in [1.82, 2.24) is 9.88 Å². The molecule has 146 valence electrons. The van der Waals surface area contributed by atoms with Crippen LogP contribution in [0, 0.1) is 6.92 Å². The number of methoxy groups -OCH3 is 1. The maximum atomic E-state index is 13.3. The summed E-state index contributed by atoms with van der Waals surface area (Å²) < 4.78 is 5.22. The van der Waals surface area contributed by atoms with Gasteiger partial charge < -0.3 is 4.74 Å². The van der Waals surface area contributed by atoms with Crippen molar-refractivity contribution >= 4 is 45.4 Å². The summed E-state index contributed by atoms with van der Waals surface area (Å²) in [5, 5.41) is 3.45. The van der Waals surface area contributed by atoms with Crippen molar-refractivity contribution in [3.8, 4) is 5.75 Å². The zero-order chi connectivity index (χ0) is 19.5. The summed E-state index contributed by atoms with van der Waals surface area (Å²) in [5.41, 5.74) is 1.93. The first-order chi connectivity index (χ1) is 13.6. The normalized spacial score (nSPS) is 21.1. The molecule has 0 radical (unpaired) electrons. The highest BCUT2D eigenvalue weighted by Crippen LogP contribution is 2.38. The van der Waals surface area contributed by atoms with Crippen molar-refractivity contribution < 1.29 is 9.53 Å². The summed E-state index contributed by atoms with van der Waals surface area (Å²) in [6.45, 7) is 1.96. The maximum absolute atomic E-state index is 13.3. The highest BCUT2D eigenvalue weighted by Gasteiger charge is 2.38. The number of hydrogen-bond acceptors (Lipinski definition) is 6. The molecule has 2 fully saturated rings. The summed E-state index contributed by atoms with van der Waals surface area (Å²) in [4.78, 5) is 25.1. The van der Waals surface area contributed by atoms with E-state index in [1.54, 1.807) is 7.11 Å². The Morgan fingerprint density at radius 2 is 1.96 bits per heavy atom. The minimum Gasteiger partial charge on any atom is -0.497 e. The lowest BCUT2D eigenvalue weighted by Gasteiger charge is -2.30. The Hall–Kier alpha value is -2.12. The highest BCUT2D eigenvalue weighted by atomic mass is 32.2. The predicted molar refractivity (Wildman–Crippen MR) is 116 cm³/mol. The zero-order valence-corrected chi connectivity index (χ0v) is 17.7. The Labute approximate surface area is 173 Å². The number of amidine groups is 1. The van der Waals surface area contributed by atoms with Gasteiger partial charge in [0.25, 0.3) is 5.91 Å². The molecule has 4 rings (SSSR count). The Bertz CT molecular complexity index is 912. The number of rotatable bonds is 4. The van der Waals surface area contributed by atoms with Crippen LogP contribution in [-0.2, 0) is 4.79 Å². The highest BCUT2D eigenvalue weighted by molar-refractivity contribution is 8.18. The molecule has 1 amide bonds. The lowest BCUT2D eigenvalue weighted by Crippen LogP contribution is -2.40. The number of amides is 1. The molecular weight excluding hydrogens is 390 g/mol. The van der Waals surface area contributed by atoms with Crippen LogP contribution in [0.25, 0.3) is 6.08 Å². The van der Waals surface area contributed by atoms with Crippen LogP contribution in [-0.4, -0.2) is 34.1 Å². The fourth-order valence-corrected chi connectivity index (χ4v) is 5.31. The van der Waals surface area contributed by atoms with E-state index >= 15 is 0 Å². The van der Waals surface area contributed by atoms with E-state index in [1.165, 1.54) is 42.4 Å². The van der Waals surface area contributed by atoms with Crippen LogP contribution < -0.4 is 4.74 Å². The van der Waals surface area contributed by atoms with Crippen molar-refractivity contribution in [3.05, 3.63) is 45.8 Å². The monoisotopic (exact) mass is 413 g/mol. The molecule has 28 heavy (non-hydrogen) atoms. The van der Waals surface area contributed by atoms with E-state index in [9.17, 15) is 4.79 Å². The van der Waals surface area contributed by atoms with Crippen molar-refractivity contribution in [1.29, 1.82) is 0 Å². The van der Waals surface area contributed by atoms with Gasteiger partial charge in [0, 0.05) is 11.4 Å². The van der Waals surface area contributed by atoms with E-state index in [0.717, 1.165) is 35.0 Å². The van der Waals surface area contributed by atoms with Gasteiger partial charge in [-0.2, -0.15) is 4.99 Å². The summed E-state index contributed by atoms with van der Waals surface area (Å²) in [7, 11) is 1.65. The van der Waals surface area contributed by atoms with Crippen LogP contribution in [0.3, 0.4) is 0 Å². The largest absolute Gasteiger partial charge is 0.497 e. The lowest BCUT2D eigenvalue weighted by molar-refractivity contribution is -0.124. The number of carbonyl (C=O) groups excluding carboxylic acids is 1. The Balaban J connectivity index is 1.66. The molecule has 0 unspecified atom stereocenters. The molecule has 1 saturated heterocycles. The average Bonchev–Trinajstić information content (AvgIpc) is 3.26. The second-order valence-electron chi connectivity index (χ2n) is 7.02. The predicted octanol–water partition coefficient (Wildman–Crippen LogP) is 5.40.